The van der Waals surface area contributed by atoms with Crippen molar-refractivity contribution >= 4 is 34.4 Å². The number of aromatic hydroxyl groups is 1. The van der Waals surface area contributed by atoms with Crippen molar-refractivity contribution in [2.24, 2.45) is 5.73 Å². The van der Waals surface area contributed by atoms with E-state index in [1.54, 1.807) is 13.0 Å². The van der Waals surface area contributed by atoms with E-state index in [4.69, 9.17) is 23.1 Å². The number of hydrogen-bond acceptors (Lipinski definition) is 5. The Hall–Kier alpha value is -2.80. The number of aryl methyl sites for hydroxylation is 2. The summed E-state index contributed by atoms with van der Waals surface area (Å²) in [4.78, 5) is 20.2. The van der Waals surface area contributed by atoms with Gasteiger partial charge in [-0.25, -0.2) is 9.97 Å². The van der Waals surface area contributed by atoms with Crippen LogP contribution in [0.4, 0.5) is 5.82 Å². The molecule has 0 bridgehead atoms. The number of phenols is 1. The molecule has 2 heterocycles. The molecule has 1 aromatic carbocycles. The second kappa shape index (κ2) is 5.13. The van der Waals surface area contributed by atoms with E-state index in [2.05, 4.69) is 9.97 Å². The Balaban J connectivity index is 2.53. The maximum atomic E-state index is 11.8. The van der Waals surface area contributed by atoms with Crippen LogP contribution in [0, 0.1) is 13.8 Å². The number of carbonyl (C=O) groups excluding carboxylic acids is 1. The normalized spacial score (nSPS) is 11.1. The first kappa shape index (κ1) is 15.1. The minimum Gasteiger partial charge on any atom is -0.506 e. The molecule has 0 aliphatic heterocycles. The molecule has 0 radical (unpaired) electrons. The summed E-state index contributed by atoms with van der Waals surface area (Å²) in [6.45, 7) is 3.53. The van der Waals surface area contributed by atoms with Gasteiger partial charge in [0.15, 0.2) is 5.65 Å². The number of amides is 1. The van der Waals surface area contributed by atoms with Crippen molar-refractivity contribution in [3.8, 4) is 11.4 Å². The molecule has 8 heteroatoms. The molecule has 1 amide bonds. The van der Waals surface area contributed by atoms with Crippen molar-refractivity contribution in [1.82, 2.24) is 14.5 Å². The molecule has 5 N–H and O–H groups in total. The van der Waals surface area contributed by atoms with E-state index in [0.717, 1.165) is 5.56 Å². The van der Waals surface area contributed by atoms with Crippen LogP contribution in [0.2, 0.25) is 5.02 Å². The van der Waals surface area contributed by atoms with Crippen LogP contribution in [0.5, 0.6) is 5.75 Å². The van der Waals surface area contributed by atoms with Gasteiger partial charge >= 0.3 is 0 Å². The van der Waals surface area contributed by atoms with Crippen molar-refractivity contribution in [2.45, 2.75) is 13.8 Å². The first-order chi connectivity index (χ1) is 10.8. The minimum absolute atomic E-state index is 0.0973. The van der Waals surface area contributed by atoms with Crippen molar-refractivity contribution in [3.63, 3.8) is 0 Å². The van der Waals surface area contributed by atoms with Crippen LogP contribution in [-0.4, -0.2) is 25.5 Å². The monoisotopic (exact) mass is 331 g/mol. The van der Waals surface area contributed by atoms with Gasteiger partial charge in [-0.1, -0.05) is 17.7 Å². The highest BCUT2D eigenvalue weighted by atomic mass is 35.5. The highest BCUT2D eigenvalue weighted by Crippen LogP contribution is 2.38. The molecule has 118 valence electrons. The molecule has 2 aromatic heterocycles. The summed E-state index contributed by atoms with van der Waals surface area (Å²) in [5.74, 6) is -0.184. The first-order valence-corrected chi connectivity index (χ1v) is 7.12. The number of halogens is 1. The third kappa shape index (κ3) is 2.17. The van der Waals surface area contributed by atoms with E-state index in [-0.39, 0.29) is 22.2 Å². The van der Waals surface area contributed by atoms with Gasteiger partial charge in [-0.05, 0) is 25.5 Å². The maximum Gasteiger partial charge on any atom is 0.253 e. The van der Waals surface area contributed by atoms with Crippen molar-refractivity contribution < 1.29 is 9.90 Å². The molecule has 0 atom stereocenters. The lowest BCUT2D eigenvalue weighted by molar-refractivity contribution is 0.100. The van der Waals surface area contributed by atoms with Gasteiger partial charge in [0.05, 0.1) is 16.6 Å². The fourth-order valence-electron chi connectivity index (χ4n) is 2.58. The number of carbonyl (C=O) groups is 1. The number of nitrogen functional groups attached to an aromatic ring is 1. The predicted molar refractivity (Wildman–Crippen MR) is 87.9 cm³/mol. The number of benzene rings is 1. The minimum atomic E-state index is -0.687. The number of rotatable bonds is 2. The van der Waals surface area contributed by atoms with Crippen LogP contribution >= 0.6 is 11.6 Å². The number of nitrogens with zero attached hydrogens (tertiary/aromatic N) is 3. The van der Waals surface area contributed by atoms with Gasteiger partial charge in [0, 0.05) is 6.20 Å². The zero-order chi connectivity index (χ0) is 16.9. The smallest absolute Gasteiger partial charge is 0.253 e. The Morgan fingerprint density at radius 2 is 2.04 bits per heavy atom. The molecule has 0 fully saturated rings. The molecule has 0 aliphatic carbocycles. The molecule has 7 nitrogen and oxygen atoms in total. The van der Waals surface area contributed by atoms with E-state index in [1.165, 1.54) is 16.8 Å². The van der Waals surface area contributed by atoms with Gasteiger partial charge in [-0.3, -0.25) is 9.36 Å². The Labute approximate surface area is 136 Å². The Morgan fingerprint density at radius 1 is 1.35 bits per heavy atom. The molecule has 0 unspecified atom stereocenters. The summed E-state index contributed by atoms with van der Waals surface area (Å²) in [6, 6.07) is 3.18. The number of phenolic OH excluding ortho intramolecular Hbond substituents is 1. The number of anilines is 1. The summed E-state index contributed by atoms with van der Waals surface area (Å²) in [6.07, 6.45) is 1.50. The first-order valence-electron chi connectivity index (χ1n) is 6.74. The second-order valence-electron chi connectivity index (χ2n) is 5.18. The summed E-state index contributed by atoms with van der Waals surface area (Å²) >= 11 is 6.25. The van der Waals surface area contributed by atoms with Crippen molar-refractivity contribution in [2.75, 3.05) is 5.73 Å². The lowest BCUT2D eigenvalue weighted by Crippen LogP contribution is -2.14. The Morgan fingerprint density at radius 3 is 2.70 bits per heavy atom. The van der Waals surface area contributed by atoms with Crippen molar-refractivity contribution in [3.05, 3.63) is 40.3 Å². The van der Waals surface area contributed by atoms with Gasteiger partial charge in [0.1, 0.15) is 22.4 Å². The third-order valence-electron chi connectivity index (χ3n) is 3.63. The summed E-state index contributed by atoms with van der Waals surface area (Å²) in [5.41, 5.74) is 13.3. The van der Waals surface area contributed by atoms with E-state index in [9.17, 15) is 9.90 Å². The summed E-state index contributed by atoms with van der Waals surface area (Å²) in [7, 11) is 0. The molecule has 0 spiro atoms. The van der Waals surface area contributed by atoms with Crippen LogP contribution in [0.15, 0.2) is 18.3 Å². The maximum absolute atomic E-state index is 11.8. The van der Waals surface area contributed by atoms with E-state index < -0.39 is 5.91 Å². The van der Waals surface area contributed by atoms with Crippen molar-refractivity contribution in [1.29, 1.82) is 0 Å². The highest BCUT2D eigenvalue weighted by molar-refractivity contribution is 6.34. The van der Waals surface area contributed by atoms with Crippen LogP contribution < -0.4 is 11.5 Å². The fourth-order valence-corrected chi connectivity index (χ4v) is 2.88. The SMILES string of the molecule is Cc1ncc2c(C(N)=O)c(N)n(-c3c(C)ccc(O)c3Cl)c2n1. The van der Waals surface area contributed by atoms with Crippen LogP contribution in [0.3, 0.4) is 0 Å². The molecule has 0 saturated carbocycles. The zero-order valence-corrected chi connectivity index (χ0v) is 13.2. The van der Waals surface area contributed by atoms with E-state index in [1.807, 2.05) is 6.92 Å². The van der Waals surface area contributed by atoms with E-state index >= 15 is 0 Å². The molecule has 0 aliphatic rings. The van der Waals surface area contributed by atoms with Gasteiger partial charge in [-0.2, -0.15) is 0 Å². The zero-order valence-electron chi connectivity index (χ0n) is 12.5. The summed E-state index contributed by atoms with van der Waals surface area (Å²) in [5, 5.41) is 10.5. The third-order valence-corrected chi connectivity index (χ3v) is 4.01. The number of hydrogen-bond donors (Lipinski definition) is 3. The fraction of sp³-hybridized carbons (Fsp3) is 0.133. The standard InChI is InChI=1S/C15H14ClN5O2/c1-6-3-4-9(22)11(16)12(6)21-13(17)10(14(18)23)8-5-19-7(2)20-15(8)21/h3-5,22H,17H2,1-2H3,(H2,18,23). The average molecular weight is 332 g/mol. The van der Waals surface area contributed by atoms with Crippen LogP contribution in [0.25, 0.3) is 16.7 Å². The lowest BCUT2D eigenvalue weighted by atomic mass is 10.2. The molecule has 23 heavy (non-hydrogen) atoms. The number of fused-ring (bicyclic) bond motifs is 1. The molecule has 3 rings (SSSR count). The average Bonchev–Trinajstić information content (AvgIpc) is 2.76. The Kier molecular flexibility index (Phi) is 3.37. The van der Waals surface area contributed by atoms with Gasteiger partial charge < -0.3 is 16.6 Å². The quantitative estimate of drug-likeness (QED) is 0.664. The van der Waals surface area contributed by atoms with Gasteiger partial charge in [0.25, 0.3) is 5.91 Å². The van der Waals surface area contributed by atoms with Gasteiger partial charge in [-0.15, -0.1) is 0 Å². The number of aromatic nitrogens is 3. The largest absolute Gasteiger partial charge is 0.506 e. The highest BCUT2D eigenvalue weighted by Gasteiger charge is 2.24. The molecular formula is C15H14ClN5O2. The lowest BCUT2D eigenvalue weighted by Gasteiger charge is -2.14. The number of nitrogens with two attached hydrogens (primary N) is 2. The van der Waals surface area contributed by atoms with E-state index in [0.29, 0.717) is 22.5 Å². The van der Waals surface area contributed by atoms with Crippen LogP contribution in [0.1, 0.15) is 21.7 Å². The topological polar surface area (TPSA) is 120 Å². The molecule has 0 saturated heterocycles. The second-order valence-corrected chi connectivity index (χ2v) is 5.56. The molecule has 3 aromatic rings. The number of primary amides is 1. The van der Waals surface area contributed by atoms with Gasteiger partial charge in [0.2, 0.25) is 0 Å². The van der Waals surface area contributed by atoms with Crippen LogP contribution in [-0.2, 0) is 0 Å². The molecular weight excluding hydrogens is 318 g/mol. The summed E-state index contributed by atoms with van der Waals surface area (Å²) < 4.78 is 1.52. The Bertz CT molecular complexity index is 964. The predicted octanol–water partition coefficient (Wildman–Crippen LogP) is 2.08.